The second kappa shape index (κ2) is 12.2. The highest BCUT2D eigenvalue weighted by Gasteiger charge is 2.43. The molecule has 10 nitrogen and oxygen atoms in total. The SMILES string of the molecule is O=C(NC1CC1)c1ccc(-c2csc(NC(=O)[C@@H]3CSC(c4cc[n+]([O-])cc4)N3C(=O)OCc3ccccc3)n2)cc1. The molecule has 3 amide bonds. The number of amides is 3. The molecule has 42 heavy (non-hydrogen) atoms. The molecule has 3 heterocycles. The summed E-state index contributed by atoms with van der Waals surface area (Å²) in [4.78, 5) is 45.1. The largest absolute Gasteiger partial charge is 0.619 e. The van der Waals surface area contributed by atoms with E-state index in [0.29, 0.717) is 32.4 Å². The Bertz CT molecular complexity index is 1580. The van der Waals surface area contributed by atoms with E-state index >= 15 is 0 Å². The van der Waals surface area contributed by atoms with Crippen molar-refractivity contribution in [1.82, 2.24) is 15.2 Å². The van der Waals surface area contributed by atoms with Gasteiger partial charge in [-0.25, -0.2) is 9.78 Å². The quantitative estimate of drug-likeness (QED) is 0.221. The highest BCUT2D eigenvalue weighted by Crippen LogP contribution is 2.42. The average Bonchev–Trinajstić information content (AvgIpc) is 3.51. The monoisotopic (exact) mass is 601 g/mol. The molecule has 214 valence electrons. The summed E-state index contributed by atoms with van der Waals surface area (Å²) in [6.07, 6.45) is 4.15. The van der Waals surface area contributed by atoms with Crippen LogP contribution in [0.1, 0.15) is 39.7 Å². The molecule has 2 atom stereocenters. The number of nitrogens with zero attached hydrogens (tertiary/aromatic N) is 3. The molecule has 1 aliphatic heterocycles. The van der Waals surface area contributed by atoms with Gasteiger partial charge in [0.25, 0.3) is 5.91 Å². The van der Waals surface area contributed by atoms with Gasteiger partial charge in [-0.3, -0.25) is 14.5 Å². The summed E-state index contributed by atoms with van der Waals surface area (Å²) >= 11 is 2.70. The lowest BCUT2D eigenvalue weighted by Crippen LogP contribution is -2.45. The van der Waals surface area contributed by atoms with E-state index in [9.17, 15) is 19.6 Å². The molecule has 2 aromatic carbocycles. The fourth-order valence-electron chi connectivity index (χ4n) is 4.51. The molecule has 0 spiro atoms. The standard InChI is InChI=1S/C30H27N5O5S2/c36-26(31-23-10-11-23)21-8-6-20(7-9-21)24-17-42-29(32-24)33-27(37)25-18-41-28(22-12-14-34(39)15-13-22)35(25)30(38)40-16-19-4-2-1-3-5-19/h1-9,12-15,17,23,25,28H,10-11,16,18H2,(H,31,36)(H,32,33,37)/t25-,28?/m0/s1. The number of rotatable bonds is 8. The van der Waals surface area contributed by atoms with E-state index in [-0.39, 0.29) is 24.5 Å². The Hall–Kier alpha value is -4.42. The first-order chi connectivity index (χ1) is 20.4. The van der Waals surface area contributed by atoms with Gasteiger partial charge in [-0.2, -0.15) is 4.73 Å². The second-order valence-corrected chi connectivity index (χ2v) is 12.0. The van der Waals surface area contributed by atoms with Crippen molar-refractivity contribution in [2.24, 2.45) is 0 Å². The number of pyridine rings is 1. The number of ether oxygens (including phenoxy) is 1. The van der Waals surface area contributed by atoms with Gasteiger partial charge in [0, 0.05) is 40.4 Å². The zero-order valence-corrected chi connectivity index (χ0v) is 24.0. The van der Waals surface area contributed by atoms with Crippen LogP contribution >= 0.6 is 23.1 Å². The lowest BCUT2D eigenvalue weighted by Gasteiger charge is -2.27. The summed E-state index contributed by atoms with van der Waals surface area (Å²) in [6.45, 7) is 0.0636. The number of aromatic nitrogens is 2. The van der Waals surface area contributed by atoms with Crippen molar-refractivity contribution in [2.75, 3.05) is 11.1 Å². The van der Waals surface area contributed by atoms with Gasteiger partial charge < -0.3 is 20.6 Å². The smallest absolute Gasteiger partial charge is 0.412 e. The number of hydrogen-bond donors (Lipinski definition) is 2. The molecule has 0 radical (unpaired) electrons. The van der Waals surface area contributed by atoms with Gasteiger partial charge in [-0.15, -0.1) is 23.1 Å². The molecular weight excluding hydrogens is 574 g/mol. The Morgan fingerprint density at radius 2 is 1.76 bits per heavy atom. The Morgan fingerprint density at radius 1 is 1.02 bits per heavy atom. The molecular formula is C30H27N5O5S2. The highest BCUT2D eigenvalue weighted by molar-refractivity contribution is 7.99. The highest BCUT2D eigenvalue weighted by atomic mass is 32.2. The van der Waals surface area contributed by atoms with Gasteiger partial charge in [0.05, 0.1) is 5.69 Å². The number of hydrogen-bond acceptors (Lipinski definition) is 8. The number of carbonyl (C=O) groups excluding carboxylic acids is 3. The van der Waals surface area contributed by atoms with Crippen molar-refractivity contribution < 1.29 is 23.9 Å². The summed E-state index contributed by atoms with van der Waals surface area (Å²) < 4.78 is 6.28. The lowest BCUT2D eigenvalue weighted by molar-refractivity contribution is -0.605. The number of anilines is 1. The van der Waals surface area contributed by atoms with Crippen LogP contribution in [-0.2, 0) is 16.1 Å². The first-order valence-electron chi connectivity index (χ1n) is 13.4. The molecule has 0 bridgehead atoms. The predicted molar refractivity (Wildman–Crippen MR) is 160 cm³/mol. The Labute approximate surface area is 250 Å². The topological polar surface area (TPSA) is 128 Å². The van der Waals surface area contributed by atoms with Crippen LogP contribution in [0.25, 0.3) is 11.3 Å². The van der Waals surface area contributed by atoms with Gasteiger partial charge >= 0.3 is 6.09 Å². The number of nitrogens with one attached hydrogen (secondary N) is 2. The molecule has 2 aromatic heterocycles. The summed E-state index contributed by atoms with van der Waals surface area (Å²) in [5, 5.41) is 19.1. The van der Waals surface area contributed by atoms with E-state index < -0.39 is 17.5 Å². The normalized spacial score (nSPS) is 18.0. The maximum absolute atomic E-state index is 13.5. The molecule has 4 aromatic rings. The van der Waals surface area contributed by atoms with Crippen molar-refractivity contribution in [3.8, 4) is 11.3 Å². The molecule has 12 heteroatoms. The van der Waals surface area contributed by atoms with E-state index in [1.807, 2.05) is 47.8 Å². The van der Waals surface area contributed by atoms with Crippen molar-refractivity contribution in [1.29, 1.82) is 0 Å². The number of carbonyl (C=O) groups is 3. The Morgan fingerprint density at radius 3 is 2.48 bits per heavy atom. The summed E-state index contributed by atoms with van der Waals surface area (Å²) in [7, 11) is 0. The maximum atomic E-state index is 13.5. The van der Waals surface area contributed by atoms with Crippen LogP contribution in [0.5, 0.6) is 0 Å². The van der Waals surface area contributed by atoms with Crippen LogP contribution in [0, 0.1) is 5.21 Å². The summed E-state index contributed by atoms with van der Waals surface area (Å²) in [5.41, 5.74) is 3.61. The molecule has 1 aliphatic carbocycles. The van der Waals surface area contributed by atoms with Gasteiger partial charge in [-0.05, 0) is 36.1 Å². The fraction of sp³-hybridized carbons (Fsp3) is 0.233. The van der Waals surface area contributed by atoms with Crippen molar-refractivity contribution in [3.05, 3.63) is 106 Å². The van der Waals surface area contributed by atoms with Gasteiger partial charge in [0.2, 0.25) is 5.91 Å². The zero-order valence-electron chi connectivity index (χ0n) is 22.3. The molecule has 2 fully saturated rings. The number of thiazole rings is 1. The first-order valence-corrected chi connectivity index (χ1v) is 15.3. The average molecular weight is 602 g/mol. The number of benzene rings is 2. The number of thioether (sulfide) groups is 1. The minimum absolute atomic E-state index is 0.0636. The minimum Gasteiger partial charge on any atom is -0.619 e. The van der Waals surface area contributed by atoms with E-state index in [4.69, 9.17) is 4.74 Å². The second-order valence-electron chi connectivity index (χ2n) is 9.99. The van der Waals surface area contributed by atoms with E-state index in [1.54, 1.807) is 24.3 Å². The predicted octanol–water partition coefficient (Wildman–Crippen LogP) is 4.73. The third kappa shape index (κ3) is 6.39. The lowest BCUT2D eigenvalue weighted by atomic mass is 10.1. The molecule has 1 unspecified atom stereocenters. The molecule has 6 rings (SSSR count). The molecule has 1 saturated carbocycles. The third-order valence-corrected chi connectivity index (χ3v) is 9.00. The third-order valence-electron chi connectivity index (χ3n) is 6.92. The summed E-state index contributed by atoms with van der Waals surface area (Å²) in [5.74, 6) is -0.131. The first kappa shape index (κ1) is 27.7. The van der Waals surface area contributed by atoms with Gasteiger partial charge in [-0.1, -0.05) is 42.5 Å². The van der Waals surface area contributed by atoms with Crippen LogP contribution in [0.4, 0.5) is 9.93 Å². The van der Waals surface area contributed by atoms with Crippen LogP contribution in [0.3, 0.4) is 0 Å². The maximum Gasteiger partial charge on any atom is 0.412 e. The van der Waals surface area contributed by atoms with E-state index in [0.717, 1.165) is 24.0 Å². The fourth-order valence-corrected chi connectivity index (χ4v) is 6.65. The molecule has 1 saturated heterocycles. The van der Waals surface area contributed by atoms with Crippen molar-refractivity contribution >= 4 is 46.1 Å². The van der Waals surface area contributed by atoms with Crippen LogP contribution < -0.4 is 15.4 Å². The Kier molecular flexibility index (Phi) is 8.06. The summed E-state index contributed by atoms with van der Waals surface area (Å²) in [6, 6.07) is 19.2. The minimum atomic E-state index is -0.820. The van der Waals surface area contributed by atoms with Crippen molar-refractivity contribution in [2.45, 2.75) is 36.9 Å². The van der Waals surface area contributed by atoms with Crippen LogP contribution in [0.15, 0.2) is 84.5 Å². The van der Waals surface area contributed by atoms with Crippen LogP contribution in [-0.4, -0.2) is 45.6 Å². The van der Waals surface area contributed by atoms with E-state index in [1.165, 1.54) is 40.4 Å². The van der Waals surface area contributed by atoms with Gasteiger partial charge in [0.1, 0.15) is 18.0 Å². The molecule has 2 aliphatic rings. The zero-order chi connectivity index (χ0) is 29.1. The molecule has 2 N–H and O–H groups in total. The Balaban J connectivity index is 1.15. The van der Waals surface area contributed by atoms with Crippen LogP contribution in [0.2, 0.25) is 0 Å². The van der Waals surface area contributed by atoms with E-state index in [2.05, 4.69) is 15.6 Å². The van der Waals surface area contributed by atoms with Gasteiger partial charge in [0.15, 0.2) is 17.5 Å². The van der Waals surface area contributed by atoms with Crippen molar-refractivity contribution in [3.63, 3.8) is 0 Å².